The third-order valence-corrected chi connectivity index (χ3v) is 4.99. The van der Waals surface area contributed by atoms with E-state index in [1.807, 2.05) is 11.1 Å². The van der Waals surface area contributed by atoms with Gasteiger partial charge in [-0.3, -0.25) is 4.79 Å². The summed E-state index contributed by atoms with van der Waals surface area (Å²) >= 11 is 0. The summed E-state index contributed by atoms with van der Waals surface area (Å²) in [5.41, 5.74) is 4.24. The number of aromatic nitrogens is 3. The highest BCUT2D eigenvalue weighted by Crippen LogP contribution is 2.30. The van der Waals surface area contributed by atoms with Crippen molar-refractivity contribution in [1.82, 2.24) is 19.9 Å². The van der Waals surface area contributed by atoms with E-state index in [1.54, 1.807) is 0 Å². The topological polar surface area (TPSA) is 71.1 Å². The van der Waals surface area contributed by atoms with Gasteiger partial charge in [-0.15, -0.1) is 0 Å². The number of rotatable bonds is 3. The lowest BCUT2D eigenvalue weighted by Gasteiger charge is -2.19. The Bertz CT molecular complexity index is 761. The number of hydrogen-bond acceptors (Lipinski definition) is 4. The van der Waals surface area contributed by atoms with Crippen LogP contribution in [0.25, 0.3) is 16.7 Å². The first-order valence-corrected chi connectivity index (χ1v) is 8.66. The molecule has 1 saturated heterocycles. The van der Waals surface area contributed by atoms with Gasteiger partial charge >= 0.3 is 0 Å². The van der Waals surface area contributed by atoms with Crippen molar-refractivity contribution in [2.24, 2.45) is 0 Å². The number of ether oxygens (including phenoxy) is 1. The molecule has 4 heterocycles. The summed E-state index contributed by atoms with van der Waals surface area (Å²) in [4.78, 5) is 25.5. The zero-order chi connectivity index (χ0) is 16.4. The normalized spacial score (nSPS) is 20.0. The van der Waals surface area contributed by atoms with E-state index >= 15 is 0 Å². The second-order valence-electron chi connectivity index (χ2n) is 6.48. The van der Waals surface area contributed by atoms with Crippen molar-refractivity contribution >= 4 is 23.1 Å². The molecule has 126 valence electrons. The number of nitrogens with one attached hydrogen (secondary N) is 1. The van der Waals surface area contributed by atoms with Crippen LogP contribution in [-0.4, -0.2) is 52.6 Å². The summed E-state index contributed by atoms with van der Waals surface area (Å²) in [6.07, 6.45) is 8.78. The lowest BCUT2D eigenvalue weighted by Crippen LogP contribution is -2.22. The van der Waals surface area contributed by atoms with Crippen molar-refractivity contribution in [3.63, 3.8) is 0 Å². The number of carbonyl (C=O) groups excluding carboxylic acids is 1. The molecule has 2 aromatic heterocycles. The van der Waals surface area contributed by atoms with Crippen molar-refractivity contribution in [3.05, 3.63) is 29.7 Å². The molecule has 6 nitrogen and oxygen atoms in total. The zero-order valence-electron chi connectivity index (χ0n) is 13.7. The molecule has 0 aromatic carbocycles. The van der Waals surface area contributed by atoms with E-state index in [2.05, 4.69) is 22.1 Å². The van der Waals surface area contributed by atoms with E-state index in [1.165, 1.54) is 11.1 Å². The SMILES string of the molecule is O=CN1CCC=C(c2ccnc3nc(C4CCOCC4)[nH]c23)CC1. The Morgan fingerprint density at radius 3 is 3.00 bits per heavy atom. The molecule has 2 aliphatic rings. The number of fused-ring (bicyclic) bond motifs is 1. The fraction of sp³-hybridized carbons (Fsp3) is 0.500. The highest BCUT2D eigenvalue weighted by Gasteiger charge is 2.21. The average Bonchev–Trinajstić information content (AvgIpc) is 2.93. The molecule has 2 aliphatic heterocycles. The van der Waals surface area contributed by atoms with Crippen LogP contribution in [-0.2, 0) is 9.53 Å². The van der Waals surface area contributed by atoms with Crippen LogP contribution >= 0.6 is 0 Å². The molecule has 1 fully saturated rings. The highest BCUT2D eigenvalue weighted by molar-refractivity contribution is 5.87. The Hall–Kier alpha value is -2.21. The van der Waals surface area contributed by atoms with Crippen LogP contribution in [0.1, 0.15) is 43.0 Å². The van der Waals surface area contributed by atoms with Crippen LogP contribution < -0.4 is 0 Å². The minimum Gasteiger partial charge on any atom is -0.381 e. The molecule has 0 spiro atoms. The van der Waals surface area contributed by atoms with E-state index in [4.69, 9.17) is 9.72 Å². The molecule has 1 N–H and O–H groups in total. The number of aromatic amines is 1. The van der Waals surface area contributed by atoms with E-state index < -0.39 is 0 Å². The maximum absolute atomic E-state index is 11.0. The van der Waals surface area contributed by atoms with Crippen LogP contribution in [0.3, 0.4) is 0 Å². The molecule has 0 atom stereocenters. The van der Waals surface area contributed by atoms with Crippen molar-refractivity contribution < 1.29 is 9.53 Å². The predicted molar refractivity (Wildman–Crippen MR) is 91.5 cm³/mol. The fourth-order valence-electron chi connectivity index (χ4n) is 3.59. The quantitative estimate of drug-likeness (QED) is 0.880. The number of imidazole rings is 1. The molecule has 1 amide bonds. The van der Waals surface area contributed by atoms with Gasteiger partial charge in [0.05, 0.1) is 5.52 Å². The molecule has 0 saturated carbocycles. The molecule has 0 bridgehead atoms. The number of pyridine rings is 1. The first-order valence-electron chi connectivity index (χ1n) is 8.66. The van der Waals surface area contributed by atoms with Crippen molar-refractivity contribution in [2.45, 2.75) is 31.6 Å². The van der Waals surface area contributed by atoms with E-state index in [-0.39, 0.29) is 0 Å². The molecular weight excluding hydrogens is 304 g/mol. The van der Waals surface area contributed by atoms with E-state index in [0.29, 0.717) is 5.92 Å². The molecule has 2 aromatic rings. The Labute approximate surface area is 140 Å². The van der Waals surface area contributed by atoms with Crippen LogP contribution in [0.2, 0.25) is 0 Å². The second-order valence-corrected chi connectivity index (χ2v) is 6.48. The number of carbonyl (C=O) groups is 1. The summed E-state index contributed by atoms with van der Waals surface area (Å²) in [6, 6.07) is 2.05. The van der Waals surface area contributed by atoms with Gasteiger partial charge in [0.1, 0.15) is 5.82 Å². The third kappa shape index (κ3) is 2.94. The Kier molecular flexibility index (Phi) is 4.30. The standard InChI is InChI=1S/C18H22N4O2/c23-12-22-8-1-2-13(4-9-22)15-3-7-19-18-16(15)20-17(21-18)14-5-10-24-11-6-14/h2-3,7,12,14H,1,4-6,8-11H2,(H,19,20,21). The zero-order valence-corrected chi connectivity index (χ0v) is 13.7. The number of amides is 1. The smallest absolute Gasteiger partial charge is 0.209 e. The van der Waals surface area contributed by atoms with Gasteiger partial charge < -0.3 is 14.6 Å². The molecule has 0 unspecified atom stereocenters. The number of hydrogen-bond donors (Lipinski definition) is 1. The summed E-state index contributed by atoms with van der Waals surface area (Å²) in [5.74, 6) is 1.45. The van der Waals surface area contributed by atoms with Crippen LogP contribution in [0.5, 0.6) is 0 Å². The van der Waals surface area contributed by atoms with Crippen LogP contribution in [0.4, 0.5) is 0 Å². The minimum absolute atomic E-state index is 0.425. The Morgan fingerprint density at radius 2 is 2.17 bits per heavy atom. The summed E-state index contributed by atoms with van der Waals surface area (Å²) in [5, 5.41) is 0. The van der Waals surface area contributed by atoms with Crippen molar-refractivity contribution in [1.29, 1.82) is 0 Å². The fourth-order valence-corrected chi connectivity index (χ4v) is 3.59. The van der Waals surface area contributed by atoms with Gasteiger partial charge in [0.2, 0.25) is 6.41 Å². The van der Waals surface area contributed by atoms with Gasteiger partial charge in [-0.1, -0.05) is 6.08 Å². The Balaban J connectivity index is 1.67. The van der Waals surface area contributed by atoms with Gasteiger partial charge in [0.25, 0.3) is 0 Å². The average molecular weight is 326 g/mol. The van der Waals surface area contributed by atoms with Crippen molar-refractivity contribution in [3.8, 4) is 0 Å². The van der Waals surface area contributed by atoms with Crippen LogP contribution in [0, 0.1) is 0 Å². The van der Waals surface area contributed by atoms with Gasteiger partial charge in [-0.2, -0.15) is 0 Å². The third-order valence-electron chi connectivity index (χ3n) is 4.99. The van der Waals surface area contributed by atoms with E-state index in [9.17, 15) is 4.79 Å². The first-order chi connectivity index (χ1) is 11.8. The minimum atomic E-state index is 0.425. The van der Waals surface area contributed by atoms with Gasteiger partial charge in [-0.25, -0.2) is 9.97 Å². The maximum Gasteiger partial charge on any atom is 0.209 e. The molecule has 6 heteroatoms. The Morgan fingerprint density at radius 1 is 1.29 bits per heavy atom. The summed E-state index contributed by atoms with van der Waals surface area (Å²) in [7, 11) is 0. The summed E-state index contributed by atoms with van der Waals surface area (Å²) in [6.45, 7) is 3.15. The molecule has 24 heavy (non-hydrogen) atoms. The number of H-pyrrole nitrogens is 1. The molecule has 4 rings (SSSR count). The highest BCUT2D eigenvalue weighted by atomic mass is 16.5. The lowest BCUT2D eigenvalue weighted by molar-refractivity contribution is -0.118. The second kappa shape index (κ2) is 6.73. The predicted octanol–water partition coefficient (Wildman–Crippen LogP) is 2.49. The lowest BCUT2D eigenvalue weighted by atomic mass is 10.00. The van der Waals surface area contributed by atoms with Crippen molar-refractivity contribution in [2.75, 3.05) is 26.3 Å². The van der Waals surface area contributed by atoms with Gasteiger partial charge in [0, 0.05) is 44.0 Å². The van der Waals surface area contributed by atoms with Gasteiger partial charge in [-0.05, 0) is 37.3 Å². The molecular formula is C18H22N4O2. The monoisotopic (exact) mass is 326 g/mol. The maximum atomic E-state index is 11.0. The first kappa shape index (κ1) is 15.3. The summed E-state index contributed by atoms with van der Waals surface area (Å²) < 4.78 is 5.45. The largest absolute Gasteiger partial charge is 0.381 e. The van der Waals surface area contributed by atoms with Gasteiger partial charge in [0.15, 0.2) is 5.65 Å². The van der Waals surface area contributed by atoms with Crippen LogP contribution in [0.15, 0.2) is 18.3 Å². The van der Waals surface area contributed by atoms with E-state index in [0.717, 1.165) is 75.4 Å². The molecule has 0 radical (unpaired) electrons. The molecule has 0 aliphatic carbocycles. The number of nitrogens with zero attached hydrogens (tertiary/aromatic N) is 3.